The summed E-state index contributed by atoms with van der Waals surface area (Å²) in [5, 5.41) is 10.7. The molecule has 0 aromatic carbocycles. The number of nitrogens with one attached hydrogen (secondary N) is 2. The van der Waals surface area contributed by atoms with Gasteiger partial charge in [0.25, 0.3) is 0 Å². The minimum Gasteiger partial charge on any atom is -0.378 e. The lowest BCUT2D eigenvalue weighted by molar-refractivity contribution is 0.0258. The van der Waals surface area contributed by atoms with Crippen molar-refractivity contribution in [1.29, 1.82) is 0 Å². The van der Waals surface area contributed by atoms with Gasteiger partial charge in [-0.2, -0.15) is 4.98 Å². The highest BCUT2D eigenvalue weighted by molar-refractivity contribution is 5.79. The third-order valence-electron chi connectivity index (χ3n) is 4.01. The zero-order valence-electron chi connectivity index (χ0n) is 17.3. The Morgan fingerprint density at radius 1 is 1.19 bits per heavy atom. The summed E-state index contributed by atoms with van der Waals surface area (Å²) in [5.74, 6) is 3.12. The molecule has 1 rings (SSSR count). The Kier molecular flexibility index (Phi) is 10.9. The molecular formula is C19H37N5O2. The quantitative estimate of drug-likeness (QED) is 0.335. The van der Waals surface area contributed by atoms with Crippen LogP contribution in [0.5, 0.6) is 0 Å². The standard InChI is InChI=1S/C19H37N5O2/c1-7-20-19(22-13-11-16(14(3)4)25-8-2)21-12-9-10-17-23-18(15(5)6)24-26-17/h14-16H,7-13H2,1-6H3,(H2,20,21,22). The van der Waals surface area contributed by atoms with E-state index in [1.165, 1.54) is 0 Å². The number of rotatable bonds is 12. The molecule has 26 heavy (non-hydrogen) atoms. The van der Waals surface area contributed by atoms with Crippen LogP contribution in [0.25, 0.3) is 0 Å². The molecule has 0 aliphatic carbocycles. The minimum absolute atomic E-state index is 0.281. The zero-order chi connectivity index (χ0) is 19.4. The number of guanidine groups is 1. The molecular weight excluding hydrogens is 330 g/mol. The van der Waals surface area contributed by atoms with Crippen LogP contribution in [-0.4, -0.2) is 48.4 Å². The van der Waals surface area contributed by atoms with Gasteiger partial charge >= 0.3 is 0 Å². The fraction of sp³-hybridized carbons (Fsp3) is 0.842. The Balaban J connectivity index is 2.37. The van der Waals surface area contributed by atoms with Gasteiger partial charge in [-0.05, 0) is 32.6 Å². The van der Waals surface area contributed by atoms with E-state index in [-0.39, 0.29) is 6.10 Å². The van der Waals surface area contributed by atoms with Crippen LogP contribution >= 0.6 is 0 Å². The fourth-order valence-corrected chi connectivity index (χ4v) is 2.52. The lowest BCUT2D eigenvalue weighted by Crippen LogP contribution is -2.39. The molecule has 0 bridgehead atoms. The average Bonchev–Trinajstić information content (AvgIpc) is 3.07. The van der Waals surface area contributed by atoms with E-state index in [4.69, 9.17) is 9.26 Å². The second kappa shape index (κ2) is 12.7. The van der Waals surface area contributed by atoms with Gasteiger partial charge in [0.15, 0.2) is 11.8 Å². The molecule has 0 fully saturated rings. The Hall–Kier alpha value is -1.63. The van der Waals surface area contributed by atoms with Crippen molar-refractivity contribution >= 4 is 5.96 Å². The van der Waals surface area contributed by atoms with Crippen molar-refractivity contribution in [3.63, 3.8) is 0 Å². The van der Waals surface area contributed by atoms with Gasteiger partial charge in [-0.25, -0.2) is 0 Å². The number of ether oxygens (including phenoxy) is 1. The van der Waals surface area contributed by atoms with Crippen molar-refractivity contribution in [3.8, 4) is 0 Å². The first-order valence-electron chi connectivity index (χ1n) is 9.94. The van der Waals surface area contributed by atoms with E-state index >= 15 is 0 Å². The first-order valence-corrected chi connectivity index (χ1v) is 9.94. The summed E-state index contributed by atoms with van der Waals surface area (Å²) in [6.07, 6.45) is 2.88. The number of aliphatic imine (C=N–C) groups is 1. The molecule has 0 aliphatic rings. The molecule has 1 atom stereocenters. The first kappa shape index (κ1) is 22.4. The van der Waals surface area contributed by atoms with Crippen LogP contribution in [0.1, 0.15) is 72.0 Å². The third kappa shape index (κ3) is 8.65. The normalized spacial score (nSPS) is 13.5. The lowest BCUT2D eigenvalue weighted by atomic mass is 10.0. The van der Waals surface area contributed by atoms with E-state index in [2.05, 4.69) is 60.4 Å². The van der Waals surface area contributed by atoms with Gasteiger partial charge in [-0.3, -0.25) is 4.99 Å². The third-order valence-corrected chi connectivity index (χ3v) is 4.01. The van der Waals surface area contributed by atoms with Crippen LogP contribution in [0.15, 0.2) is 9.52 Å². The highest BCUT2D eigenvalue weighted by atomic mass is 16.5. The number of hydrogen-bond acceptors (Lipinski definition) is 5. The summed E-state index contributed by atoms with van der Waals surface area (Å²) in [6, 6.07) is 0. The molecule has 1 aromatic heterocycles. The average molecular weight is 368 g/mol. The molecule has 2 N–H and O–H groups in total. The summed E-state index contributed by atoms with van der Waals surface area (Å²) < 4.78 is 11.1. The second-order valence-electron chi connectivity index (χ2n) is 7.02. The van der Waals surface area contributed by atoms with E-state index in [0.29, 0.717) is 24.3 Å². The van der Waals surface area contributed by atoms with Crippen molar-refractivity contribution in [2.24, 2.45) is 10.9 Å². The van der Waals surface area contributed by atoms with Crippen molar-refractivity contribution in [2.75, 3.05) is 26.2 Å². The molecule has 7 heteroatoms. The van der Waals surface area contributed by atoms with Gasteiger partial charge in [-0.1, -0.05) is 32.9 Å². The molecule has 1 heterocycles. The summed E-state index contributed by atoms with van der Waals surface area (Å²) in [6.45, 7) is 15.8. The van der Waals surface area contributed by atoms with Crippen LogP contribution in [0, 0.1) is 5.92 Å². The SMILES string of the molecule is CCNC(=NCCCc1nc(C(C)C)no1)NCCC(OCC)C(C)C. The Morgan fingerprint density at radius 2 is 1.96 bits per heavy atom. The predicted octanol–water partition coefficient (Wildman–Crippen LogP) is 3.13. The van der Waals surface area contributed by atoms with Crippen LogP contribution in [0.2, 0.25) is 0 Å². The fourth-order valence-electron chi connectivity index (χ4n) is 2.52. The monoisotopic (exact) mass is 367 g/mol. The van der Waals surface area contributed by atoms with Crippen LogP contribution < -0.4 is 10.6 Å². The van der Waals surface area contributed by atoms with Gasteiger partial charge < -0.3 is 19.9 Å². The smallest absolute Gasteiger partial charge is 0.226 e. The van der Waals surface area contributed by atoms with Crippen LogP contribution in [0.4, 0.5) is 0 Å². The summed E-state index contributed by atoms with van der Waals surface area (Å²) in [7, 11) is 0. The maximum absolute atomic E-state index is 5.79. The molecule has 0 amide bonds. The van der Waals surface area contributed by atoms with Gasteiger partial charge in [0, 0.05) is 38.6 Å². The highest BCUT2D eigenvalue weighted by Crippen LogP contribution is 2.11. The summed E-state index contributed by atoms with van der Waals surface area (Å²) in [5.41, 5.74) is 0. The number of aryl methyl sites for hydroxylation is 1. The van der Waals surface area contributed by atoms with Gasteiger partial charge in [0.05, 0.1) is 6.10 Å². The Labute approximate surface area is 158 Å². The number of aromatic nitrogens is 2. The van der Waals surface area contributed by atoms with Gasteiger partial charge in [0.2, 0.25) is 5.89 Å². The van der Waals surface area contributed by atoms with E-state index in [0.717, 1.165) is 50.7 Å². The van der Waals surface area contributed by atoms with E-state index in [1.807, 2.05) is 6.92 Å². The molecule has 0 saturated heterocycles. The second-order valence-corrected chi connectivity index (χ2v) is 7.02. The predicted molar refractivity (Wildman–Crippen MR) is 106 cm³/mol. The van der Waals surface area contributed by atoms with Crippen molar-refractivity contribution < 1.29 is 9.26 Å². The molecule has 7 nitrogen and oxygen atoms in total. The minimum atomic E-state index is 0.281. The van der Waals surface area contributed by atoms with Crippen molar-refractivity contribution in [3.05, 3.63) is 11.7 Å². The van der Waals surface area contributed by atoms with Crippen molar-refractivity contribution in [2.45, 2.75) is 72.8 Å². The molecule has 1 unspecified atom stereocenters. The van der Waals surface area contributed by atoms with E-state index in [9.17, 15) is 0 Å². The van der Waals surface area contributed by atoms with E-state index < -0.39 is 0 Å². The first-order chi connectivity index (χ1) is 12.5. The van der Waals surface area contributed by atoms with E-state index in [1.54, 1.807) is 0 Å². The number of nitrogens with zero attached hydrogens (tertiary/aromatic N) is 3. The molecule has 0 radical (unpaired) electrons. The molecule has 0 aliphatic heterocycles. The maximum Gasteiger partial charge on any atom is 0.226 e. The zero-order valence-corrected chi connectivity index (χ0v) is 17.3. The highest BCUT2D eigenvalue weighted by Gasteiger charge is 2.13. The largest absolute Gasteiger partial charge is 0.378 e. The summed E-state index contributed by atoms with van der Waals surface area (Å²) in [4.78, 5) is 9.02. The summed E-state index contributed by atoms with van der Waals surface area (Å²) >= 11 is 0. The molecule has 150 valence electrons. The molecule has 1 aromatic rings. The maximum atomic E-state index is 5.79. The van der Waals surface area contributed by atoms with Crippen molar-refractivity contribution in [1.82, 2.24) is 20.8 Å². The Morgan fingerprint density at radius 3 is 2.54 bits per heavy atom. The Bertz CT molecular complexity index is 514. The topological polar surface area (TPSA) is 84.6 Å². The van der Waals surface area contributed by atoms with Gasteiger partial charge in [-0.15, -0.1) is 0 Å². The van der Waals surface area contributed by atoms with Gasteiger partial charge in [0.1, 0.15) is 0 Å². The number of hydrogen-bond donors (Lipinski definition) is 2. The van der Waals surface area contributed by atoms with Crippen LogP contribution in [-0.2, 0) is 11.2 Å². The molecule has 0 saturated carbocycles. The lowest BCUT2D eigenvalue weighted by Gasteiger charge is -2.21. The molecule has 0 spiro atoms. The van der Waals surface area contributed by atoms with Crippen LogP contribution in [0.3, 0.4) is 0 Å².